The number of carbonyl (C=O) groups excluding carboxylic acids is 2. The molecule has 0 aromatic heterocycles. The standard InChI is InChI=1S/C27H29N2O9P/c1-3-35-26(32)18-8-5-10-20(16-18)37-39(34,38-21-11-6-9-19(17-21)27(33)36-4-2)15-14-29-13-7-12-28-22-23(29)25(31)24(22)30/h5-6,8-11,16-17,28H,3-4,7,12-15H2,1-2H3. The van der Waals surface area contributed by atoms with E-state index in [-0.39, 0.29) is 59.9 Å². The fourth-order valence-corrected chi connectivity index (χ4v) is 5.70. The van der Waals surface area contributed by atoms with Crippen LogP contribution in [0, 0.1) is 0 Å². The Morgan fingerprint density at radius 1 is 0.897 bits per heavy atom. The molecule has 0 spiro atoms. The molecule has 11 nitrogen and oxygen atoms in total. The van der Waals surface area contributed by atoms with Crippen molar-refractivity contribution in [3.05, 3.63) is 80.1 Å². The van der Waals surface area contributed by atoms with Gasteiger partial charge >= 0.3 is 19.5 Å². The average Bonchev–Trinajstić information content (AvgIpc) is 3.12. The van der Waals surface area contributed by atoms with Crippen LogP contribution in [0.15, 0.2) is 58.1 Å². The number of esters is 2. The van der Waals surface area contributed by atoms with E-state index in [0.717, 1.165) is 0 Å². The molecule has 1 aliphatic heterocycles. The van der Waals surface area contributed by atoms with Crippen molar-refractivity contribution in [2.45, 2.75) is 20.3 Å². The highest BCUT2D eigenvalue weighted by molar-refractivity contribution is 7.54. The van der Waals surface area contributed by atoms with Gasteiger partial charge in [0.25, 0.3) is 10.9 Å². The molecule has 3 aromatic carbocycles. The highest BCUT2D eigenvalue weighted by Crippen LogP contribution is 2.49. The molecule has 3 aromatic rings. The van der Waals surface area contributed by atoms with Gasteiger partial charge in [-0.2, -0.15) is 0 Å². The predicted molar refractivity (Wildman–Crippen MR) is 145 cm³/mol. The summed E-state index contributed by atoms with van der Waals surface area (Å²) in [7, 11) is -4.02. The first-order valence-electron chi connectivity index (χ1n) is 12.6. The Morgan fingerprint density at radius 2 is 1.46 bits per heavy atom. The highest BCUT2D eigenvalue weighted by atomic mass is 31.2. The van der Waals surface area contributed by atoms with Crippen LogP contribution in [-0.4, -0.2) is 50.9 Å². The number of carbonyl (C=O) groups is 2. The number of ether oxygens (including phenoxy) is 2. The van der Waals surface area contributed by atoms with E-state index in [0.29, 0.717) is 19.5 Å². The Balaban J connectivity index is 1.61. The Hall–Kier alpha value is -4.11. The Bertz CT molecular complexity index is 1410. The summed E-state index contributed by atoms with van der Waals surface area (Å²) in [6.45, 7) is 4.82. The molecule has 0 unspecified atom stereocenters. The van der Waals surface area contributed by atoms with E-state index < -0.39 is 30.4 Å². The molecule has 0 atom stereocenters. The van der Waals surface area contributed by atoms with Gasteiger partial charge in [0.1, 0.15) is 22.9 Å². The summed E-state index contributed by atoms with van der Waals surface area (Å²) >= 11 is 0. The van der Waals surface area contributed by atoms with Gasteiger partial charge in [-0.15, -0.1) is 0 Å². The van der Waals surface area contributed by atoms with Crippen LogP contribution in [0.2, 0.25) is 0 Å². The molecular weight excluding hydrogens is 527 g/mol. The number of anilines is 2. The lowest BCUT2D eigenvalue weighted by molar-refractivity contribution is 0.0516. The molecule has 206 valence electrons. The lowest BCUT2D eigenvalue weighted by Gasteiger charge is -2.27. The van der Waals surface area contributed by atoms with Gasteiger partial charge in [0.15, 0.2) is 0 Å². The van der Waals surface area contributed by atoms with Gasteiger partial charge in [0, 0.05) is 19.6 Å². The molecule has 1 heterocycles. The molecule has 0 bridgehead atoms. The lowest BCUT2D eigenvalue weighted by atomic mass is 10.2. The molecule has 12 heteroatoms. The highest BCUT2D eigenvalue weighted by Gasteiger charge is 2.33. The van der Waals surface area contributed by atoms with Crippen LogP contribution in [0.4, 0.5) is 11.4 Å². The maximum Gasteiger partial charge on any atom is 0.432 e. The number of rotatable bonds is 11. The third kappa shape index (κ3) is 6.49. The van der Waals surface area contributed by atoms with E-state index in [9.17, 15) is 23.7 Å². The van der Waals surface area contributed by atoms with Gasteiger partial charge in [0.2, 0.25) is 0 Å². The minimum absolute atomic E-state index is 0.0892. The fourth-order valence-electron chi connectivity index (χ4n) is 4.13. The molecule has 39 heavy (non-hydrogen) atoms. The van der Waals surface area contributed by atoms with Crippen LogP contribution in [0.25, 0.3) is 0 Å². The molecule has 0 fully saturated rings. The van der Waals surface area contributed by atoms with Crippen molar-refractivity contribution in [2.24, 2.45) is 0 Å². The van der Waals surface area contributed by atoms with Crippen LogP contribution in [-0.2, 0) is 14.0 Å². The van der Waals surface area contributed by atoms with Crippen molar-refractivity contribution in [1.29, 1.82) is 0 Å². The van der Waals surface area contributed by atoms with Gasteiger partial charge in [-0.25, -0.2) is 14.2 Å². The van der Waals surface area contributed by atoms with Crippen LogP contribution >= 0.6 is 7.60 Å². The van der Waals surface area contributed by atoms with Gasteiger partial charge in [0.05, 0.1) is 30.5 Å². The van der Waals surface area contributed by atoms with Crippen molar-refractivity contribution < 1.29 is 32.7 Å². The summed E-state index contributed by atoms with van der Waals surface area (Å²) < 4.78 is 36.0. The minimum atomic E-state index is -4.02. The number of hydrogen-bond donors (Lipinski definition) is 1. The first-order valence-corrected chi connectivity index (χ1v) is 14.3. The van der Waals surface area contributed by atoms with Crippen molar-refractivity contribution in [1.82, 2.24) is 0 Å². The average molecular weight is 557 g/mol. The molecule has 4 rings (SSSR count). The van der Waals surface area contributed by atoms with E-state index in [2.05, 4.69) is 5.32 Å². The third-order valence-electron chi connectivity index (χ3n) is 5.93. The summed E-state index contributed by atoms with van der Waals surface area (Å²) in [5.41, 5.74) is -0.232. The summed E-state index contributed by atoms with van der Waals surface area (Å²) in [4.78, 5) is 50.3. The minimum Gasteiger partial charge on any atom is -0.462 e. The van der Waals surface area contributed by atoms with Crippen molar-refractivity contribution >= 4 is 30.9 Å². The maximum atomic E-state index is 14.2. The van der Waals surface area contributed by atoms with Crippen LogP contribution in [0.3, 0.4) is 0 Å². The zero-order valence-corrected chi connectivity index (χ0v) is 22.5. The Labute approximate surface area is 224 Å². The Kier molecular flexibility index (Phi) is 8.71. The van der Waals surface area contributed by atoms with Gasteiger partial charge in [-0.3, -0.25) is 9.59 Å². The molecule has 0 saturated heterocycles. The molecule has 0 amide bonds. The van der Waals surface area contributed by atoms with E-state index in [1.807, 2.05) is 0 Å². The topological polar surface area (TPSA) is 138 Å². The second kappa shape index (κ2) is 12.2. The second-order valence-corrected chi connectivity index (χ2v) is 10.7. The van der Waals surface area contributed by atoms with Gasteiger partial charge in [-0.1, -0.05) is 12.1 Å². The number of benzene rings is 2. The summed E-state index contributed by atoms with van der Waals surface area (Å²) in [5, 5.41) is 2.97. The van der Waals surface area contributed by atoms with Crippen molar-refractivity contribution in [3.63, 3.8) is 0 Å². The van der Waals surface area contributed by atoms with E-state index in [4.69, 9.17) is 18.5 Å². The molecular formula is C27H29N2O9P. The molecule has 0 saturated carbocycles. The second-order valence-electron chi connectivity index (χ2n) is 8.66. The SMILES string of the molecule is CCOC(=O)c1cccc(OP(=O)(CCN2CCCNc3c2c(=O)c3=O)Oc2cccc(C(=O)OCC)c2)c1. The summed E-state index contributed by atoms with van der Waals surface area (Å²) in [5.74, 6) is -0.911. The number of hydrogen-bond acceptors (Lipinski definition) is 11. The van der Waals surface area contributed by atoms with E-state index in [1.54, 1.807) is 30.9 Å². The number of nitrogens with zero attached hydrogens (tertiary/aromatic N) is 1. The fraction of sp³-hybridized carbons (Fsp3) is 0.333. The zero-order chi connectivity index (χ0) is 28.0. The summed E-state index contributed by atoms with van der Waals surface area (Å²) in [6, 6.07) is 12.0. The van der Waals surface area contributed by atoms with Crippen molar-refractivity contribution in [2.75, 3.05) is 49.2 Å². The van der Waals surface area contributed by atoms with Gasteiger partial charge in [-0.05, 0) is 56.7 Å². The van der Waals surface area contributed by atoms with Crippen molar-refractivity contribution in [3.8, 4) is 11.5 Å². The maximum absolute atomic E-state index is 14.2. The molecule has 1 aliphatic rings. The third-order valence-corrected chi connectivity index (χ3v) is 7.66. The zero-order valence-electron chi connectivity index (χ0n) is 21.6. The predicted octanol–water partition coefficient (Wildman–Crippen LogP) is 3.61. The van der Waals surface area contributed by atoms with E-state index >= 15 is 0 Å². The summed E-state index contributed by atoms with van der Waals surface area (Å²) in [6.07, 6.45) is 0.487. The number of nitrogens with one attached hydrogen (secondary N) is 1. The van der Waals surface area contributed by atoms with Gasteiger partial charge < -0.3 is 28.7 Å². The smallest absolute Gasteiger partial charge is 0.432 e. The van der Waals surface area contributed by atoms with Crippen LogP contribution < -0.4 is 30.1 Å². The largest absolute Gasteiger partial charge is 0.462 e. The first kappa shape index (κ1) is 27.9. The molecule has 0 aliphatic carbocycles. The normalized spacial score (nSPS) is 13.1. The first-order chi connectivity index (χ1) is 18.7. The monoisotopic (exact) mass is 556 g/mol. The molecule has 1 N–H and O–H groups in total. The van der Waals surface area contributed by atoms with E-state index in [1.165, 1.54) is 36.4 Å². The quantitative estimate of drug-likeness (QED) is 0.211. The molecule has 0 radical (unpaired) electrons. The lowest BCUT2D eigenvalue weighted by Crippen LogP contribution is -2.42. The van der Waals surface area contributed by atoms with Crippen LogP contribution in [0.1, 0.15) is 41.0 Å². The number of fused-ring (bicyclic) bond motifs is 1. The van der Waals surface area contributed by atoms with Crippen LogP contribution in [0.5, 0.6) is 11.5 Å². The Morgan fingerprint density at radius 3 is 2.00 bits per heavy atom.